The second kappa shape index (κ2) is 7.01. The van der Waals surface area contributed by atoms with E-state index in [-0.39, 0.29) is 12.5 Å². The summed E-state index contributed by atoms with van der Waals surface area (Å²) in [6.07, 6.45) is 2.01. The smallest absolute Gasteiger partial charge is 0.257 e. The predicted octanol–water partition coefficient (Wildman–Crippen LogP) is 2.22. The van der Waals surface area contributed by atoms with Gasteiger partial charge in [-0.3, -0.25) is 4.79 Å². The molecule has 0 unspecified atom stereocenters. The van der Waals surface area contributed by atoms with Crippen molar-refractivity contribution in [1.82, 2.24) is 5.32 Å². The minimum Gasteiger partial charge on any atom is -0.482 e. The SMILES string of the molecule is CCCCNC(=O)COc1ccc(Cl)cc1N. The molecule has 0 atom stereocenters. The number of halogens is 1. The van der Waals surface area contributed by atoms with Crippen LogP contribution in [-0.2, 0) is 4.79 Å². The molecule has 0 aliphatic carbocycles. The Kier molecular flexibility index (Phi) is 5.63. The second-order valence-electron chi connectivity index (χ2n) is 3.67. The molecule has 4 nitrogen and oxygen atoms in total. The Morgan fingerprint density at radius 1 is 1.53 bits per heavy atom. The van der Waals surface area contributed by atoms with E-state index in [2.05, 4.69) is 12.2 Å². The standard InChI is InChI=1S/C12H17ClN2O2/c1-2-3-6-15-12(16)8-17-11-5-4-9(13)7-10(11)14/h4-5,7H,2-3,6,8,14H2,1H3,(H,15,16). The highest BCUT2D eigenvalue weighted by molar-refractivity contribution is 6.30. The van der Waals surface area contributed by atoms with Gasteiger partial charge in [0.2, 0.25) is 0 Å². The van der Waals surface area contributed by atoms with E-state index < -0.39 is 0 Å². The number of nitrogen functional groups attached to an aromatic ring is 1. The number of rotatable bonds is 6. The van der Waals surface area contributed by atoms with Gasteiger partial charge >= 0.3 is 0 Å². The second-order valence-corrected chi connectivity index (χ2v) is 4.11. The van der Waals surface area contributed by atoms with Crippen molar-refractivity contribution < 1.29 is 9.53 Å². The Balaban J connectivity index is 2.37. The van der Waals surface area contributed by atoms with Gasteiger partial charge in [0.1, 0.15) is 5.75 Å². The quantitative estimate of drug-likeness (QED) is 0.606. The molecule has 0 aliphatic heterocycles. The van der Waals surface area contributed by atoms with E-state index in [4.69, 9.17) is 22.1 Å². The summed E-state index contributed by atoms with van der Waals surface area (Å²) in [6, 6.07) is 4.91. The van der Waals surface area contributed by atoms with Crippen molar-refractivity contribution in [1.29, 1.82) is 0 Å². The lowest BCUT2D eigenvalue weighted by molar-refractivity contribution is -0.123. The lowest BCUT2D eigenvalue weighted by Gasteiger charge is -2.09. The number of carbonyl (C=O) groups excluding carboxylic acids is 1. The molecule has 1 aromatic rings. The van der Waals surface area contributed by atoms with Crippen molar-refractivity contribution in [2.24, 2.45) is 0 Å². The fourth-order valence-corrected chi connectivity index (χ4v) is 1.43. The van der Waals surface area contributed by atoms with Crippen molar-refractivity contribution in [2.45, 2.75) is 19.8 Å². The van der Waals surface area contributed by atoms with Crippen LogP contribution in [0, 0.1) is 0 Å². The molecule has 1 aromatic carbocycles. The zero-order chi connectivity index (χ0) is 12.7. The van der Waals surface area contributed by atoms with Crippen molar-refractivity contribution >= 4 is 23.2 Å². The molecule has 3 N–H and O–H groups in total. The normalized spacial score (nSPS) is 10.0. The maximum Gasteiger partial charge on any atom is 0.257 e. The molecule has 0 saturated heterocycles. The minimum atomic E-state index is -0.146. The van der Waals surface area contributed by atoms with Gasteiger partial charge in [0, 0.05) is 11.6 Å². The number of amides is 1. The molecule has 0 radical (unpaired) electrons. The van der Waals surface area contributed by atoms with Crippen LogP contribution in [0.15, 0.2) is 18.2 Å². The summed E-state index contributed by atoms with van der Waals surface area (Å²) in [5, 5.41) is 3.30. The van der Waals surface area contributed by atoms with Gasteiger partial charge in [0.15, 0.2) is 6.61 Å². The molecule has 94 valence electrons. The number of hydrogen-bond donors (Lipinski definition) is 2. The molecule has 0 fully saturated rings. The maximum absolute atomic E-state index is 11.4. The van der Waals surface area contributed by atoms with Gasteiger partial charge in [-0.15, -0.1) is 0 Å². The number of anilines is 1. The number of carbonyl (C=O) groups is 1. The van der Waals surface area contributed by atoms with Crippen LogP contribution in [0.3, 0.4) is 0 Å². The number of hydrogen-bond acceptors (Lipinski definition) is 3. The summed E-state index contributed by atoms with van der Waals surface area (Å²) in [6.45, 7) is 2.71. The van der Waals surface area contributed by atoms with Crippen LogP contribution >= 0.6 is 11.6 Å². The maximum atomic E-state index is 11.4. The van der Waals surface area contributed by atoms with Crippen LogP contribution in [0.25, 0.3) is 0 Å². The monoisotopic (exact) mass is 256 g/mol. The van der Waals surface area contributed by atoms with Crippen LogP contribution in [0.4, 0.5) is 5.69 Å². The summed E-state index contributed by atoms with van der Waals surface area (Å²) in [5.74, 6) is 0.327. The lowest BCUT2D eigenvalue weighted by Crippen LogP contribution is -2.29. The van der Waals surface area contributed by atoms with Gasteiger partial charge in [-0.2, -0.15) is 0 Å². The minimum absolute atomic E-state index is 0.0322. The van der Waals surface area contributed by atoms with Gasteiger partial charge in [-0.1, -0.05) is 24.9 Å². The average Bonchev–Trinajstić information content (AvgIpc) is 2.28. The fraction of sp³-hybridized carbons (Fsp3) is 0.417. The number of ether oxygens (including phenoxy) is 1. The first-order chi connectivity index (χ1) is 8.13. The van der Waals surface area contributed by atoms with E-state index in [1.807, 2.05) is 0 Å². The highest BCUT2D eigenvalue weighted by Gasteiger charge is 2.05. The molecule has 0 heterocycles. The van der Waals surface area contributed by atoms with E-state index >= 15 is 0 Å². The molecule has 0 aromatic heterocycles. The molecular weight excluding hydrogens is 240 g/mol. The van der Waals surface area contributed by atoms with Crippen LogP contribution in [0.2, 0.25) is 5.02 Å². The molecule has 5 heteroatoms. The first kappa shape index (κ1) is 13.6. The zero-order valence-corrected chi connectivity index (χ0v) is 10.6. The van der Waals surface area contributed by atoms with Crippen molar-refractivity contribution in [3.05, 3.63) is 23.2 Å². The molecule has 1 rings (SSSR count). The Bertz CT molecular complexity index is 383. The van der Waals surface area contributed by atoms with E-state index in [1.165, 1.54) is 0 Å². The molecule has 0 saturated carbocycles. The van der Waals surface area contributed by atoms with E-state index in [0.717, 1.165) is 12.8 Å². The van der Waals surface area contributed by atoms with Crippen LogP contribution < -0.4 is 15.8 Å². The van der Waals surface area contributed by atoms with Crippen molar-refractivity contribution in [3.63, 3.8) is 0 Å². The number of nitrogens with one attached hydrogen (secondary N) is 1. The largest absolute Gasteiger partial charge is 0.482 e. The third kappa shape index (κ3) is 4.95. The van der Waals surface area contributed by atoms with Crippen molar-refractivity contribution in [3.8, 4) is 5.75 Å². The van der Waals surface area contributed by atoms with E-state index in [9.17, 15) is 4.79 Å². The van der Waals surface area contributed by atoms with E-state index in [1.54, 1.807) is 18.2 Å². The Morgan fingerprint density at radius 3 is 2.94 bits per heavy atom. The molecule has 0 spiro atoms. The Morgan fingerprint density at radius 2 is 2.29 bits per heavy atom. The summed E-state index contributed by atoms with van der Waals surface area (Å²) in [4.78, 5) is 11.4. The topological polar surface area (TPSA) is 64.3 Å². The van der Waals surface area contributed by atoms with E-state index in [0.29, 0.717) is 23.0 Å². The third-order valence-electron chi connectivity index (χ3n) is 2.18. The Labute approximate surface area is 106 Å². The fourth-order valence-electron chi connectivity index (χ4n) is 1.25. The van der Waals surface area contributed by atoms with Crippen LogP contribution in [0.5, 0.6) is 5.75 Å². The van der Waals surface area contributed by atoms with Crippen LogP contribution in [-0.4, -0.2) is 19.1 Å². The third-order valence-corrected chi connectivity index (χ3v) is 2.42. The molecular formula is C12H17ClN2O2. The molecule has 0 aliphatic rings. The number of unbranched alkanes of at least 4 members (excludes halogenated alkanes) is 1. The zero-order valence-electron chi connectivity index (χ0n) is 9.83. The van der Waals surface area contributed by atoms with Gasteiger partial charge < -0.3 is 15.8 Å². The van der Waals surface area contributed by atoms with Crippen molar-refractivity contribution in [2.75, 3.05) is 18.9 Å². The van der Waals surface area contributed by atoms with Gasteiger partial charge in [-0.05, 0) is 24.6 Å². The summed E-state index contributed by atoms with van der Waals surface area (Å²) in [5.41, 5.74) is 6.12. The molecule has 1 amide bonds. The highest BCUT2D eigenvalue weighted by Crippen LogP contribution is 2.24. The van der Waals surface area contributed by atoms with Gasteiger partial charge in [0.25, 0.3) is 5.91 Å². The summed E-state index contributed by atoms with van der Waals surface area (Å²) >= 11 is 5.75. The van der Waals surface area contributed by atoms with Crippen LogP contribution in [0.1, 0.15) is 19.8 Å². The first-order valence-corrected chi connectivity index (χ1v) is 5.95. The van der Waals surface area contributed by atoms with Gasteiger partial charge in [-0.25, -0.2) is 0 Å². The lowest BCUT2D eigenvalue weighted by atomic mass is 10.3. The summed E-state index contributed by atoms with van der Waals surface area (Å²) in [7, 11) is 0. The molecule has 0 bridgehead atoms. The Hall–Kier alpha value is -1.42. The summed E-state index contributed by atoms with van der Waals surface area (Å²) < 4.78 is 5.29. The first-order valence-electron chi connectivity index (χ1n) is 5.58. The predicted molar refractivity (Wildman–Crippen MR) is 69.3 cm³/mol. The number of nitrogens with two attached hydrogens (primary N) is 1. The molecule has 17 heavy (non-hydrogen) atoms. The highest BCUT2D eigenvalue weighted by atomic mass is 35.5. The average molecular weight is 257 g/mol. The van der Waals surface area contributed by atoms with Gasteiger partial charge in [0.05, 0.1) is 5.69 Å². The number of benzene rings is 1.